The van der Waals surface area contributed by atoms with Crippen LogP contribution in [0.3, 0.4) is 0 Å². The van der Waals surface area contributed by atoms with Gasteiger partial charge in [0.1, 0.15) is 0 Å². The molecular weight excluding hydrogens is 196 g/mol. The highest BCUT2D eigenvalue weighted by Gasteiger charge is 2.10. The van der Waals surface area contributed by atoms with Gasteiger partial charge in [0, 0.05) is 23.1 Å². The number of aromatic nitrogens is 1. The molecule has 0 saturated carbocycles. The fourth-order valence-corrected chi connectivity index (χ4v) is 2.39. The first kappa shape index (κ1) is 11.2. The van der Waals surface area contributed by atoms with E-state index in [9.17, 15) is 0 Å². The lowest BCUT2D eigenvalue weighted by molar-refractivity contribution is 0.471. The molecule has 2 aromatic rings. The highest BCUT2D eigenvalue weighted by atomic mass is 15.0. The van der Waals surface area contributed by atoms with Gasteiger partial charge in [0.2, 0.25) is 0 Å². The Balaban J connectivity index is 2.48. The van der Waals surface area contributed by atoms with Crippen molar-refractivity contribution in [1.29, 1.82) is 0 Å². The first-order valence-corrected chi connectivity index (χ1v) is 6.04. The number of nitrogens with zero attached hydrogens (tertiary/aromatic N) is 1. The van der Waals surface area contributed by atoms with Crippen LogP contribution in [-0.4, -0.2) is 11.1 Å². The molecular formula is C14H20N2. The second-order valence-electron chi connectivity index (χ2n) is 4.37. The summed E-state index contributed by atoms with van der Waals surface area (Å²) in [6.45, 7) is 5.14. The Bertz CT molecular complexity index is 471. The van der Waals surface area contributed by atoms with Crippen LogP contribution in [0.1, 0.15) is 31.4 Å². The Morgan fingerprint density at radius 1 is 1.31 bits per heavy atom. The summed E-state index contributed by atoms with van der Waals surface area (Å²) in [4.78, 5) is 0. The van der Waals surface area contributed by atoms with Crippen molar-refractivity contribution in [3.63, 3.8) is 0 Å². The predicted octanol–water partition coefficient (Wildman–Crippen LogP) is 3.25. The second kappa shape index (κ2) is 4.71. The van der Waals surface area contributed by atoms with E-state index in [1.165, 1.54) is 16.5 Å². The zero-order chi connectivity index (χ0) is 11.5. The topological polar surface area (TPSA) is 30.9 Å². The van der Waals surface area contributed by atoms with E-state index < -0.39 is 0 Å². The number of aryl methyl sites for hydroxylation is 1. The lowest BCUT2D eigenvalue weighted by Crippen LogP contribution is -2.12. The summed E-state index contributed by atoms with van der Waals surface area (Å²) in [5, 5.41) is 1.36. The summed E-state index contributed by atoms with van der Waals surface area (Å²) in [5.41, 5.74) is 8.35. The summed E-state index contributed by atoms with van der Waals surface area (Å²) >= 11 is 0. The maximum atomic E-state index is 5.67. The van der Waals surface area contributed by atoms with Crippen molar-refractivity contribution in [2.75, 3.05) is 6.54 Å². The minimum atomic E-state index is 0.532. The molecule has 2 rings (SSSR count). The van der Waals surface area contributed by atoms with Crippen LogP contribution in [0.4, 0.5) is 0 Å². The Morgan fingerprint density at radius 2 is 2.12 bits per heavy atom. The van der Waals surface area contributed by atoms with Crippen molar-refractivity contribution in [3.05, 3.63) is 36.0 Å². The van der Waals surface area contributed by atoms with Crippen LogP contribution in [0.2, 0.25) is 0 Å². The Kier molecular flexibility index (Phi) is 3.30. The molecule has 16 heavy (non-hydrogen) atoms. The van der Waals surface area contributed by atoms with Gasteiger partial charge in [0.05, 0.1) is 0 Å². The number of benzene rings is 1. The molecule has 0 bridgehead atoms. The van der Waals surface area contributed by atoms with Crippen molar-refractivity contribution in [1.82, 2.24) is 4.57 Å². The van der Waals surface area contributed by atoms with Crippen molar-refractivity contribution in [3.8, 4) is 0 Å². The molecule has 2 N–H and O–H groups in total. The molecule has 1 aromatic carbocycles. The second-order valence-corrected chi connectivity index (χ2v) is 4.37. The molecule has 0 aliphatic rings. The Hall–Kier alpha value is -1.28. The fourth-order valence-electron chi connectivity index (χ4n) is 2.39. The molecule has 0 radical (unpaired) electrons. The fraction of sp³-hybridized carbons (Fsp3) is 0.429. The van der Waals surface area contributed by atoms with E-state index in [0.29, 0.717) is 6.04 Å². The molecule has 1 heterocycles. The van der Waals surface area contributed by atoms with Gasteiger partial charge in [0.15, 0.2) is 0 Å². The standard InChI is InChI=1S/C14H20N2/c1-3-12(7-9-15)16-10-8-13-11(2)5-4-6-14(13)16/h4-6,8,10,12H,3,7,9,15H2,1-2H3. The van der Waals surface area contributed by atoms with Crippen LogP contribution in [0.25, 0.3) is 10.9 Å². The van der Waals surface area contributed by atoms with Gasteiger partial charge in [-0.3, -0.25) is 0 Å². The Morgan fingerprint density at radius 3 is 2.81 bits per heavy atom. The smallest absolute Gasteiger partial charge is 0.0485 e. The third-order valence-corrected chi connectivity index (χ3v) is 3.35. The van der Waals surface area contributed by atoms with Gasteiger partial charge >= 0.3 is 0 Å². The zero-order valence-electron chi connectivity index (χ0n) is 10.1. The van der Waals surface area contributed by atoms with Gasteiger partial charge in [-0.15, -0.1) is 0 Å². The van der Waals surface area contributed by atoms with E-state index in [1.54, 1.807) is 0 Å². The minimum absolute atomic E-state index is 0.532. The number of hydrogen-bond donors (Lipinski definition) is 1. The van der Waals surface area contributed by atoms with Crippen LogP contribution in [-0.2, 0) is 0 Å². The third-order valence-electron chi connectivity index (χ3n) is 3.35. The lowest BCUT2D eigenvalue weighted by Gasteiger charge is -2.17. The molecule has 0 spiro atoms. The van der Waals surface area contributed by atoms with Gasteiger partial charge in [-0.05, 0) is 44.0 Å². The van der Waals surface area contributed by atoms with E-state index in [-0.39, 0.29) is 0 Å². The first-order valence-electron chi connectivity index (χ1n) is 6.04. The van der Waals surface area contributed by atoms with E-state index in [1.807, 2.05) is 0 Å². The summed E-state index contributed by atoms with van der Waals surface area (Å²) in [6, 6.07) is 9.23. The van der Waals surface area contributed by atoms with E-state index >= 15 is 0 Å². The molecule has 1 aromatic heterocycles. The van der Waals surface area contributed by atoms with Crippen molar-refractivity contribution >= 4 is 10.9 Å². The molecule has 0 fully saturated rings. The van der Waals surface area contributed by atoms with Crippen LogP contribution < -0.4 is 5.73 Å². The van der Waals surface area contributed by atoms with Gasteiger partial charge in [-0.1, -0.05) is 19.1 Å². The average molecular weight is 216 g/mol. The molecule has 0 aliphatic carbocycles. The molecule has 0 aliphatic heterocycles. The van der Waals surface area contributed by atoms with E-state index in [4.69, 9.17) is 5.73 Å². The SMILES string of the molecule is CCC(CCN)n1ccc2c(C)cccc21. The van der Waals surface area contributed by atoms with Crippen molar-refractivity contribution < 1.29 is 0 Å². The predicted molar refractivity (Wildman–Crippen MR) is 69.7 cm³/mol. The van der Waals surface area contributed by atoms with Crippen LogP contribution in [0, 0.1) is 6.92 Å². The Labute approximate surface area is 97.1 Å². The van der Waals surface area contributed by atoms with Crippen molar-refractivity contribution in [2.45, 2.75) is 32.7 Å². The molecule has 2 heteroatoms. The summed E-state index contributed by atoms with van der Waals surface area (Å²) < 4.78 is 2.37. The van der Waals surface area contributed by atoms with Crippen LogP contribution in [0.5, 0.6) is 0 Å². The normalized spacial score (nSPS) is 13.2. The third kappa shape index (κ3) is 1.85. The van der Waals surface area contributed by atoms with Gasteiger partial charge in [0.25, 0.3) is 0 Å². The zero-order valence-corrected chi connectivity index (χ0v) is 10.1. The maximum absolute atomic E-state index is 5.67. The first-order chi connectivity index (χ1) is 7.77. The van der Waals surface area contributed by atoms with Gasteiger partial charge < -0.3 is 10.3 Å². The minimum Gasteiger partial charge on any atom is -0.344 e. The summed E-state index contributed by atoms with van der Waals surface area (Å²) in [5.74, 6) is 0. The van der Waals surface area contributed by atoms with Crippen LogP contribution in [0.15, 0.2) is 30.5 Å². The molecule has 1 atom stereocenters. The number of rotatable bonds is 4. The summed E-state index contributed by atoms with van der Waals surface area (Å²) in [6.07, 6.45) is 4.38. The van der Waals surface area contributed by atoms with E-state index in [0.717, 1.165) is 19.4 Å². The number of fused-ring (bicyclic) bond motifs is 1. The lowest BCUT2D eigenvalue weighted by atomic mass is 10.1. The number of hydrogen-bond acceptors (Lipinski definition) is 1. The number of nitrogens with two attached hydrogens (primary N) is 1. The maximum Gasteiger partial charge on any atom is 0.0485 e. The van der Waals surface area contributed by atoms with Gasteiger partial charge in [-0.25, -0.2) is 0 Å². The van der Waals surface area contributed by atoms with E-state index in [2.05, 4.69) is 48.9 Å². The van der Waals surface area contributed by atoms with Crippen molar-refractivity contribution in [2.24, 2.45) is 5.73 Å². The largest absolute Gasteiger partial charge is 0.344 e. The molecule has 86 valence electrons. The highest BCUT2D eigenvalue weighted by Crippen LogP contribution is 2.25. The quantitative estimate of drug-likeness (QED) is 0.835. The molecule has 2 nitrogen and oxygen atoms in total. The average Bonchev–Trinajstić information content (AvgIpc) is 2.71. The van der Waals surface area contributed by atoms with Crippen LogP contribution >= 0.6 is 0 Å². The molecule has 0 saturated heterocycles. The van der Waals surface area contributed by atoms with Gasteiger partial charge in [-0.2, -0.15) is 0 Å². The summed E-state index contributed by atoms with van der Waals surface area (Å²) in [7, 11) is 0. The molecule has 1 unspecified atom stereocenters. The monoisotopic (exact) mass is 216 g/mol. The highest BCUT2D eigenvalue weighted by molar-refractivity contribution is 5.83. The molecule has 0 amide bonds.